The van der Waals surface area contributed by atoms with Gasteiger partial charge in [0.1, 0.15) is 0 Å². The maximum Gasteiger partial charge on any atom is 0.224 e. The Balaban J connectivity index is 1.52. The van der Waals surface area contributed by atoms with Crippen LogP contribution in [0, 0.1) is 0 Å². The first-order valence-electron chi connectivity index (χ1n) is 8.52. The number of hydrogen-bond donors (Lipinski definition) is 1. The summed E-state index contributed by atoms with van der Waals surface area (Å²) < 4.78 is 0. The summed E-state index contributed by atoms with van der Waals surface area (Å²) in [7, 11) is 0. The third kappa shape index (κ3) is 4.45. The van der Waals surface area contributed by atoms with Crippen LogP contribution in [0.1, 0.15) is 24.5 Å². The van der Waals surface area contributed by atoms with Gasteiger partial charge in [-0.3, -0.25) is 4.79 Å². The van der Waals surface area contributed by atoms with Crippen molar-refractivity contribution in [2.24, 2.45) is 0 Å². The van der Waals surface area contributed by atoms with E-state index in [0.29, 0.717) is 6.42 Å². The van der Waals surface area contributed by atoms with Crippen molar-refractivity contribution in [1.82, 2.24) is 5.32 Å². The minimum atomic E-state index is 0.0887. The van der Waals surface area contributed by atoms with E-state index in [-0.39, 0.29) is 11.9 Å². The Morgan fingerprint density at radius 1 is 0.875 bits per heavy atom. The predicted molar refractivity (Wildman–Crippen MR) is 100 cm³/mol. The number of nitrogens with one attached hydrogen (secondary N) is 1. The summed E-state index contributed by atoms with van der Waals surface area (Å²) in [6, 6.07) is 25.0. The molecule has 0 saturated heterocycles. The number of fused-ring (bicyclic) bond motifs is 1. The Hall–Kier alpha value is -2.61. The van der Waals surface area contributed by atoms with Crippen LogP contribution in [-0.4, -0.2) is 11.9 Å². The van der Waals surface area contributed by atoms with Crippen molar-refractivity contribution < 1.29 is 4.79 Å². The molecule has 0 fully saturated rings. The number of hydrogen-bond acceptors (Lipinski definition) is 1. The van der Waals surface area contributed by atoms with Crippen LogP contribution in [0.15, 0.2) is 72.8 Å². The zero-order valence-electron chi connectivity index (χ0n) is 14.0. The van der Waals surface area contributed by atoms with Crippen molar-refractivity contribution in [3.63, 3.8) is 0 Å². The first-order valence-corrected chi connectivity index (χ1v) is 8.52. The first-order chi connectivity index (χ1) is 11.7. The van der Waals surface area contributed by atoms with Gasteiger partial charge in [0.25, 0.3) is 0 Å². The molecule has 0 heterocycles. The Kier molecular flexibility index (Phi) is 5.27. The Labute approximate surface area is 143 Å². The molecule has 24 heavy (non-hydrogen) atoms. The molecule has 0 bridgehead atoms. The van der Waals surface area contributed by atoms with Gasteiger partial charge < -0.3 is 5.32 Å². The van der Waals surface area contributed by atoms with E-state index in [1.165, 1.54) is 16.3 Å². The van der Waals surface area contributed by atoms with Crippen LogP contribution < -0.4 is 5.32 Å². The van der Waals surface area contributed by atoms with E-state index in [0.717, 1.165) is 18.4 Å². The predicted octanol–water partition coefficient (Wildman–Crippen LogP) is 4.52. The Bertz CT molecular complexity index is 810. The molecule has 2 heteroatoms. The second-order valence-corrected chi connectivity index (χ2v) is 6.35. The maximum atomic E-state index is 12.3. The second-order valence-electron chi connectivity index (χ2n) is 6.35. The van der Waals surface area contributed by atoms with Crippen LogP contribution >= 0.6 is 0 Å². The maximum absolute atomic E-state index is 12.3. The van der Waals surface area contributed by atoms with Gasteiger partial charge in [0.2, 0.25) is 5.91 Å². The molecule has 0 aliphatic rings. The van der Waals surface area contributed by atoms with Gasteiger partial charge in [-0.1, -0.05) is 72.8 Å². The topological polar surface area (TPSA) is 29.1 Å². The van der Waals surface area contributed by atoms with Gasteiger partial charge in [-0.15, -0.1) is 0 Å². The third-order valence-electron chi connectivity index (χ3n) is 4.29. The molecule has 122 valence electrons. The first kappa shape index (κ1) is 16.3. The molecule has 1 N–H and O–H groups in total. The highest BCUT2D eigenvalue weighted by Crippen LogP contribution is 2.16. The van der Waals surface area contributed by atoms with Gasteiger partial charge in [0.15, 0.2) is 0 Å². The molecule has 2 nitrogen and oxygen atoms in total. The molecular weight excluding hydrogens is 294 g/mol. The van der Waals surface area contributed by atoms with Crippen LogP contribution in [0.4, 0.5) is 0 Å². The molecule has 1 amide bonds. The van der Waals surface area contributed by atoms with Gasteiger partial charge in [-0.05, 0) is 41.7 Å². The number of rotatable bonds is 6. The third-order valence-corrected chi connectivity index (χ3v) is 4.29. The van der Waals surface area contributed by atoms with Crippen LogP contribution in [0.2, 0.25) is 0 Å². The fourth-order valence-electron chi connectivity index (χ4n) is 2.96. The highest BCUT2D eigenvalue weighted by atomic mass is 16.1. The molecule has 0 aliphatic carbocycles. The standard InChI is InChI=1S/C22H23NO/c1-17(11-12-18-7-3-2-4-8-18)23-22(24)16-19-13-14-20-9-5-6-10-21(20)15-19/h2-10,13-15,17H,11-12,16H2,1H3,(H,23,24)/t17-/m1/s1. The average molecular weight is 317 g/mol. The van der Waals surface area contributed by atoms with Crippen LogP contribution in [0.25, 0.3) is 10.8 Å². The molecule has 0 saturated carbocycles. The summed E-state index contributed by atoms with van der Waals surface area (Å²) >= 11 is 0. The lowest BCUT2D eigenvalue weighted by atomic mass is 10.0. The zero-order valence-corrected chi connectivity index (χ0v) is 14.0. The minimum absolute atomic E-state index is 0.0887. The number of carbonyl (C=O) groups is 1. The van der Waals surface area contributed by atoms with Crippen LogP contribution in [0.5, 0.6) is 0 Å². The smallest absolute Gasteiger partial charge is 0.224 e. The van der Waals surface area contributed by atoms with E-state index < -0.39 is 0 Å². The lowest BCUT2D eigenvalue weighted by Crippen LogP contribution is -2.34. The molecule has 3 aromatic carbocycles. The second kappa shape index (κ2) is 7.78. The molecule has 0 spiro atoms. The van der Waals surface area contributed by atoms with Crippen molar-refractivity contribution in [2.45, 2.75) is 32.2 Å². The Morgan fingerprint density at radius 2 is 1.58 bits per heavy atom. The van der Waals surface area contributed by atoms with Gasteiger partial charge in [-0.25, -0.2) is 0 Å². The molecule has 0 aliphatic heterocycles. The molecule has 0 aromatic heterocycles. The van der Waals surface area contributed by atoms with E-state index in [1.807, 2.05) is 24.3 Å². The fourth-order valence-corrected chi connectivity index (χ4v) is 2.96. The number of aryl methyl sites for hydroxylation is 1. The molecule has 3 aromatic rings. The van der Waals surface area contributed by atoms with E-state index in [2.05, 4.69) is 60.8 Å². The average Bonchev–Trinajstić information content (AvgIpc) is 2.60. The summed E-state index contributed by atoms with van der Waals surface area (Å²) in [4.78, 5) is 12.3. The molecule has 0 radical (unpaired) electrons. The SMILES string of the molecule is C[C@H](CCc1ccccc1)NC(=O)Cc1ccc2ccccc2c1. The normalized spacial score (nSPS) is 12.0. The van der Waals surface area contributed by atoms with Crippen molar-refractivity contribution in [3.8, 4) is 0 Å². The summed E-state index contributed by atoms with van der Waals surface area (Å²) in [6.45, 7) is 2.07. The zero-order chi connectivity index (χ0) is 16.8. The summed E-state index contributed by atoms with van der Waals surface area (Å²) in [5, 5.41) is 5.49. The lowest BCUT2D eigenvalue weighted by Gasteiger charge is -2.14. The molecule has 0 unspecified atom stereocenters. The summed E-state index contributed by atoms with van der Waals surface area (Å²) in [5.41, 5.74) is 2.37. The van der Waals surface area contributed by atoms with Crippen LogP contribution in [0.3, 0.4) is 0 Å². The van der Waals surface area contributed by atoms with Gasteiger partial charge >= 0.3 is 0 Å². The van der Waals surface area contributed by atoms with E-state index in [9.17, 15) is 4.79 Å². The summed E-state index contributed by atoms with van der Waals surface area (Å²) in [5.74, 6) is 0.0887. The van der Waals surface area contributed by atoms with Crippen molar-refractivity contribution in [3.05, 3.63) is 83.9 Å². The summed E-state index contributed by atoms with van der Waals surface area (Å²) in [6.07, 6.45) is 2.37. The lowest BCUT2D eigenvalue weighted by molar-refractivity contribution is -0.121. The van der Waals surface area contributed by atoms with E-state index in [1.54, 1.807) is 0 Å². The number of benzene rings is 3. The van der Waals surface area contributed by atoms with Crippen molar-refractivity contribution in [1.29, 1.82) is 0 Å². The highest BCUT2D eigenvalue weighted by molar-refractivity contribution is 5.85. The van der Waals surface area contributed by atoms with E-state index in [4.69, 9.17) is 0 Å². The largest absolute Gasteiger partial charge is 0.353 e. The van der Waals surface area contributed by atoms with Gasteiger partial charge in [0, 0.05) is 6.04 Å². The van der Waals surface area contributed by atoms with Gasteiger partial charge in [-0.2, -0.15) is 0 Å². The van der Waals surface area contributed by atoms with Crippen molar-refractivity contribution >= 4 is 16.7 Å². The Morgan fingerprint density at radius 3 is 2.38 bits per heavy atom. The fraction of sp³-hybridized carbons (Fsp3) is 0.227. The number of amides is 1. The quantitative estimate of drug-likeness (QED) is 0.711. The van der Waals surface area contributed by atoms with Crippen molar-refractivity contribution in [2.75, 3.05) is 0 Å². The molecule has 1 atom stereocenters. The van der Waals surface area contributed by atoms with Gasteiger partial charge in [0.05, 0.1) is 6.42 Å². The molecule has 3 rings (SSSR count). The van der Waals surface area contributed by atoms with E-state index >= 15 is 0 Å². The minimum Gasteiger partial charge on any atom is -0.353 e. The monoisotopic (exact) mass is 317 g/mol. The number of carbonyl (C=O) groups excluding carboxylic acids is 1. The highest BCUT2D eigenvalue weighted by Gasteiger charge is 2.09. The van der Waals surface area contributed by atoms with Crippen LogP contribution in [-0.2, 0) is 17.6 Å². The molecular formula is C22H23NO.